The second kappa shape index (κ2) is 7.41. The van der Waals surface area contributed by atoms with E-state index in [0.29, 0.717) is 5.56 Å². The maximum absolute atomic E-state index is 12.2. The molecular formula is C15H20N4O2. The summed E-state index contributed by atoms with van der Waals surface area (Å²) in [6, 6.07) is 3.40. The number of hydrogen-bond donors (Lipinski definition) is 3. The molecule has 0 radical (unpaired) electrons. The summed E-state index contributed by atoms with van der Waals surface area (Å²) in [4.78, 5) is 27.9. The Kier molecular flexibility index (Phi) is 5.88. The van der Waals surface area contributed by atoms with Gasteiger partial charge in [-0.25, -0.2) is 4.98 Å². The molecule has 0 aliphatic carbocycles. The van der Waals surface area contributed by atoms with Crippen LogP contribution in [0.1, 0.15) is 29.9 Å². The quantitative estimate of drug-likeness (QED) is 0.674. The molecule has 1 rings (SSSR count). The van der Waals surface area contributed by atoms with Crippen LogP contribution in [0.3, 0.4) is 0 Å². The van der Waals surface area contributed by atoms with Gasteiger partial charge in [0.25, 0.3) is 5.91 Å². The number of amides is 2. The molecule has 0 saturated carbocycles. The van der Waals surface area contributed by atoms with Gasteiger partial charge in [-0.1, -0.05) is 11.8 Å². The number of rotatable bonds is 4. The standard InChI is InChI=1S/C15H20N4O2/c1-15(2,14(21)17-3)10-19-13(20)12-11(6-4-8-16)7-5-9-18-12/h5,7,9H,8,10,16H2,1-3H3,(H,17,21)(H,19,20). The third-order valence-corrected chi connectivity index (χ3v) is 2.88. The first-order valence-corrected chi connectivity index (χ1v) is 6.56. The van der Waals surface area contributed by atoms with Crippen LogP contribution in [-0.4, -0.2) is 36.9 Å². The Morgan fingerprint density at radius 1 is 1.43 bits per heavy atom. The highest BCUT2D eigenvalue weighted by Gasteiger charge is 2.27. The predicted octanol–water partition coefficient (Wildman–Crippen LogP) is -0.106. The molecule has 6 nitrogen and oxygen atoms in total. The molecule has 0 aliphatic rings. The third-order valence-electron chi connectivity index (χ3n) is 2.88. The molecule has 1 aromatic heterocycles. The Morgan fingerprint density at radius 2 is 2.14 bits per heavy atom. The SMILES string of the molecule is CNC(=O)C(C)(C)CNC(=O)c1ncccc1C#CCN. The van der Waals surface area contributed by atoms with Crippen LogP contribution >= 0.6 is 0 Å². The van der Waals surface area contributed by atoms with Gasteiger partial charge >= 0.3 is 0 Å². The highest BCUT2D eigenvalue weighted by molar-refractivity contribution is 5.95. The molecule has 0 bridgehead atoms. The highest BCUT2D eigenvalue weighted by Crippen LogP contribution is 2.13. The van der Waals surface area contributed by atoms with Gasteiger partial charge in [0.15, 0.2) is 0 Å². The van der Waals surface area contributed by atoms with E-state index in [-0.39, 0.29) is 30.6 Å². The van der Waals surface area contributed by atoms with E-state index in [1.54, 1.807) is 33.0 Å². The zero-order valence-electron chi connectivity index (χ0n) is 12.5. The van der Waals surface area contributed by atoms with Crippen molar-refractivity contribution in [3.63, 3.8) is 0 Å². The van der Waals surface area contributed by atoms with E-state index in [1.165, 1.54) is 6.20 Å². The third kappa shape index (κ3) is 4.58. The van der Waals surface area contributed by atoms with Crippen LogP contribution in [0.15, 0.2) is 18.3 Å². The van der Waals surface area contributed by atoms with E-state index in [0.717, 1.165) is 0 Å². The fraction of sp³-hybridized carbons (Fsp3) is 0.400. The van der Waals surface area contributed by atoms with Gasteiger partial charge in [-0.15, -0.1) is 0 Å². The van der Waals surface area contributed by atoms with Crippen molar-refractivity contribution in [3.8, 4) is 11.8 Å². The lowest BCUT2D eigenvalue weighted by atomic mass is 9.92. The van der Waals surface area contributed by atoms with Crippen LogP contribution in [0.2, 0.25) is 0 Å². The molecule has 0 aliphatic heterocycles. The fourth-order valence-electron chi connectivity index (χ4n) is 1.64. The maximum Gasteiger partial charge on any atom is 0.271 e. The second-order valence-corrected chi connectivity index (χ2v) is 5.05. The minimum atomic E-state index is -0.706. The predicted molar refractivity (Wildman–Crippen MR) is 80.4 cm³/mol. The van der Waals surface area contributed by atoms with Crippen molar-refractivity contribution in [1.29, 1.82) is 0 Å². The first-order chi connectivity index (χ1) is 9.92. The summed E-state index contributed by atoms with van der Waals surface area (Å²) in [5.74, 6) is 4.99. The van der Waals surface area contributed by atoms with Crippen molar-refractivity contribution in [3.05, 3.63) is 29.6 Å². The summed E-state index contributed by atoms with van der Waals surface area (Å²) < 4.78 is 0. The average Bonchev–Trinajstić information content (AvgIpc) is 2.50. The van der Waals surface area contributed by atoms with E-state index in [9.17, 15) is 9.59 Å². The van der Waals surface area contributed by atoms with Crippen molar-refractivity contribution in [1.82, 2.24) is 15.6 Å². The molecule has 2 amide bonds. The number of pyridine rings is 1. The largest absolute Gasteiger partial charge is 0.359 e. The van der Waals surface area contributed by atoms with Crippen LogP contribution < -0.4 is 16.4 Å². The Hall–Kier alpha value is -2.39. The molecular weight excluding hydrogens is 268 g/mol. The lowest BCUT2D eigenvalue weighted by Gasteiger charge is -2.22. The van der Waals surface area contributed by atoms with Gasteiger partial charge in [0.05, 0.1) is 17.5 Å². The van der Waals surface area contributed by atoms with Gasteiger partial charge in [-0.3, -0.25) is 9.59 Å². The summed E-state index contributed by atoms with van der Waals surface area (Å²) in [6.07, 6.45) is 1.52. The molecule has 0 fully saturated rings. The topological polar surface area (TPSA) is 97.1 Å². The average molecular weight is 288 g/mol. The number of aromatic nitrogens is 1. The molecule has 0 atom stereocenters. The first-order valence-electron chi connectivity index (χ1n) is 6.56. The van der Waals surface area contributed by atoms with Crippen molar-refractivity contribution < 1.29 is 9.59 Å². The first kappa shape index (κ1) is 16.7. The molecule has 21 heavy (non-hydrogen) atoms. The zero-order chi connectivity index (χ0) is 15.9. The maximum atomic E-state index is 12.2. The Morgan fingerprint density at radius 3 is 2.76 bits per heavy atom. The number of nitrogens with two attached hydrogens (primary N) is 1. The van der Waals surface area contributed by atoms with E-state index in [1.807, 2.05) is 0 Å². The van der Waals surface area contributed by atoms with Crippen molar-refractivity contribution >= 4 is 11.8 Å². The van der Waals surface area contributed by atoms with Crippen molar-refractivity contribution in [2.45, 2.75) is 13.8 Å². The monoisotopic (exact) mass is 288 g/mol. The molecule has 4 N–H and O–H groups in total. The van der Waals surface area contributed by atoms with E-state index >= 15 is 0 Å². The zero-order valence-corrected chi connectivity index (χ0v) is 12.5. The molecule has 6 heteroatoms. The van der Waals surface area contributed by atoms with Gasteiger partial charge in [0.2, 0.25) is 5.91 Å². The van der Waals surface area contributed by atoms with Crippen LogP contribution in [0.5, 0.6) is 0 Å². The van der Waals surface area contributed by atoms with E-state index in [4.69, 9.17) is 5.73 Å². The smallest absolute Gasteiger partial charge is 0.271 e. The molecule has 1 aromatic rings. The van der Waals surface area contributed by atoms with Crippen LogP contribution in [0, 0.1) is 17.3 Å². The van der Waals surface area contributed by atoms with Crippen molar-refractivity contribution in [2.75, 3.05) is 20.1 Å². The number of carbonyl (C=O) groups excluding carboxylic acids is 2. The minimum Gasteiger partial charge on any atom is -0.359 e. The number of nitrogens with zero attached hydrogens (tertiary/aromatic N) is 1. The van der Waals surface area contributed by atoms with Gasteiger partial charge in [-0.2, -0.15) is 0 Å². The number of nitrogens with one attached hydrogen (secondary N) is 2. The van der Waals surface area contributed by atoms with Gasteiger partial charge in [0, 0.05) is 19.8 Å². The van der Waals surface area contributed by atoms with Crippen molar-refractivity contribution in [2.24, 2.45) is 11.1 Å². The van der Waals surface area contributed by atoms with Crippen LogP contribution in [-0.2, 0) is 4.79 Å². The molecule has 0 saturated heterocycles. The number of carbonyl (C=O) groups is 2. The second-order valence-electron chi connectivity index (χ2n) is 5.05. The molecule has 0 aromatic carbocycles. The summed E-state index contributed by atoms with van der Waals surface area (Å²) in [7, 11) is 1.56. The lowest BCUT2D eigenvalue weighted by molar-refractivity contribution is -0.128. The molecule has 0 unspecified atom stereocenters. The molecule has 0 spiro atoms. The summed E-state index contributed by atoms with van der Waals surface area (Å²) in [6.45, 7) is 3.91. The summed E-state index contributed by atoms with van der Waals surface area (Å²) >= 11 is 0. The van der Waals surface area contributed by atoms with Crippen LogP contribution in [0.4, 0.5) is 0 Å². The Bertz CT molecular complexity index is 585. The van der Waals surface area contributed by atoms with Crippen LogP contribution in [0.25, 0.3) is 0 Å². The summed E-state index contributed by atoms with van der Waals surface area (Å²) in [5.41, 5.74) is 5.36. The van der Waals surface area contributed by atoms with E-state index < -0.39 is 5.41 Å². The normalized spacial score (nSPS) is 10.3. The highest BCUT2D eigenvalue weighted by atomic mass is 16.2. The fourth-order valence-corrected chi connectivity index (χ4v) is 1.64. The van der Waals surface area contributed by atoms with Gasteiger partial charge in [-0.05, 0) is 26.0 Å². The van der Waals surface area contributed by atoms with Gasteiger partial charge in [0.1, 0.15) is 5.69 Å². The number of hydrogen-bond acceptors (Lipinski definition) is 4. The summed E-state index contributed by atoms with van der Waals surface area (Å²) in [5, 5.41) is 5.28. The van der Waals surface area contributed by atoms with E-state index in [2.05, 4.69) is 27.5 Å². The Labute approximate surface area is 124 Å². The van der Waals surface area contributed by atoms with Gasteiger partial charge < -0.3 is 16.4 Å². The lowest BCUT2D eigenvalue weighted by Crippen LogP contribution is -2.44. The Balaban J connectivity index is 2.84. The molecule has 1 heterocycles. The minimum absolute atomic E-state index is 0.146. The molecule has 112 valence electrons.